The van der Waals surface area contributed by atoms with Gasteiger partial charge in [0.05, 0.1) is 4.90 Å². The fourth-order valence-corrected chi connectivity index (χ4v) is 5.55. The van der Waals surface area contributed by atoms with E-state index in [1.807, 2.05) is 10.3 Å². The summed E-state index contributed by atoms with van der Waals surface area (Å²) in [6, 6.07) is 7.82. The zero-order valence-corrected chi connectivity index (χ0v) is 19.1. The van der Waals surface area contributed by atoms with Crippen molar-refractivity contribution in [3.8, 4) is 0 Å². The number of carbonyl (C=O) groups is 2. The third-order valence-corrected chi connectivity index (χ3v) is 8.34. The predicted octanol–water partition coefficient (Wildman–Crippen LogP) is 2.48. The molecule has 0 aliphatic carbocycles. The molecule has 1 aliphatic heterocycles. The van der Waals surface area contributed by atoms with Gasteiger partial charge in [-0.2, -0.15) is 4.31 Å². The molecule has 2 amide bonds. The van der Waals surface area contributed by atoms with Crippen LogP contribution in [0.1, 0.15) is 41.1 Å². The molecule has 1 aromatic heterocycles. The molecule has 0 atom stereocenters. The summed E-state index contributed by atoms with van der Waals surface area (Å²) in [7, 11) is -2.16. The van der Waals surface area contributed by atoms with Crippen molar-refractivity contribution in [2.24, 2.45) is 0 Å². The van der Waals surface area contributed by atoms with E-state index < -0.39 is 15.9 Å². The van der Waals surface area contributed by atoms with Gasteiger partial charge in [-0.25, -0.2) is 8.42 Å². The van der Waals surface area contributed by atoms with Gasteiger partial charge in [0.1, 0.15) is 0 Å². The lowest BCUT2D eigenvalue weighted by molar-refractivity contribution is -0.131. The summed E-state index contributed by atoms with van der Waals surface area (Å²) in [5.41, 5.74) is 1.45. The highest BCUT2D eigenvalue weighted by Gasteiger charge is 2.24. The number of sulfonamides is 1. The molecule has 0 unspecified atom stereocenters. The Bertz CT molecular complexity index is 1030. The lowest BCUT2D eigenvalue weighted by Crippen LogP contribution is -2.37. The summed E-state index contributed by atoms with van der Waals surface area (Å²) in [5, 5.41) is 4.77. The first-order chi connectivity index (χ1) is 14.2. The summed E-state index contributed by atoms with van der Waals surface area (Å²) in [5.74, 6) is -0.396. The number of hydrogen-bond donors (Lipinski definition) is 1. The summed E-state index contributed by atoms with van der Waals surface area (Å²) >= 11 is 1.72. The van der Waals surface area contributed by atoms with Crippen molar-refractivity contribution in [1.82, 2.24) is 14.5 Å². The van der Waals surface area contributed by atoms with Crippen LogP contribution >= 0.6 is 11.3 Å². The molecule has 2 aromatic rings. The number of nitrogens with zero attached hydrogens (tertiary/aromatic N) is 2. The zero-order valence-electron chi connectivity index (χ0n) is 17.4. The fourth-order valence-electron chi connectivity index (χ4n) is 3.25. The van der Waals surface area contributed by atoms with Crippen LogP contribution in [-0.4, -0.2) is 55.6 Å². The highest BCUT2D eigenvalue weighted by Crippen LogP contribution is 2.24. The second-order valence-electron chi connectivity index (χ2n) is 7.58. The number of carbonyl (C=O) groups excluding carboxylic acids is 2. The molecule has 7 nitrogen and oxygen atoms in total. The molecule has 0 radical (unpaired) electrons. The van der Waals surface area contributed by atoms with Crippen molar-refractivity contribution in [1.29, 1.82) is 0 Å². The average molecular weight is 450 g/mol. The Hall–Kier alpha value is -2.23. The van der Waals surface area contributed by atoms with Gasteiger partial charge in [0.2, 0.25) is 15.9 Å². The van der Waals surface area contributed by atoms with Gasteiger partial charge < -0.3 is 10.2 Å². The molecular weight excluding hydrogens is 422 g/mol. The number of hydrogen-bond acceptors (Lipinski definition) is 5. The number of thiophene rings is 1. The van der Waals surface area contributed by atoms with Gasteiger partial charge in [0.15, 0.2) is 0 Å². The Morgan fingerprint density at radius 1 is 1.27 bits per heavy atom. The van der Waals surface area contributed by atoms with E-state index in [0.29, 0.717) is 13.1 Å². The first kappa shape index (κ1) is 22.5. The number of amides is 2. The van der Waals surface area contributed by atoms with E-state index in [2.05, 4.69) is 11.4 Å². The van der Waals surface area contributed by atoms with E-state index in [0.717, 1.165) is 6.42 Å². The molecule has 0 fully saturated rings. The molecule has 0 spiro atoms. The highest BCUT2D eigenvalue weighted by molar-refractivity contribution is 7.89. The van der Waals surface area contributed by atoms with Crippen molar-refractivity contribution in [3.05, 3.63) is 51.7 Å². The molecule has 0 saturated heterocycles. The first-order valence-electron chi connectivity index (χ1n) is 9.89. The van der Waals surface area contributed by atoms with E-state index in [4.69, 9.17) is 0 Å². The largest absolute Gasteiger partial charge is 0.352 e. The van der Waals surface area contributed by atoms with Crippen molar-refractivity contribution in [2.75, 3.05) is 20.1 Å². The molecule has 2 heterocycles. The van der Waals surface area contributed by atoms with Crippen LogP contribution in [-0.2, 0) is 27.8 Å². The SMILES string of the molecule is CC(C)N(C)S(=O)(=O)c1cccc(C(=O)NCCC(=O)N2CCc3sccc3C2)c1. The van der Waals surface area contributed by atoms with Crippen molar-refractivity contribution >= 4 is 33.2 Å². The van der Waals surface area contributed by atoms with E-state index in [1.54, 1.807) is 37.3 Å². The molecule has 0 bridgehead atoms. The minimum atomic E-state index is -3.67. The Kier molecular flexibility index (Phi) is 6.95. The Labute approximate surface area is 181 Å². The van der Waals surface area contributed by atoms with Crippen LogP contribution in [0.3, 0.4) is 0 Å². The van der Waals surface area contributed by atoms with Crippen LogP contribution in [0.4, 0.5) is 0 Å². The third kappa shape index (κ3) is 4.91. The van der Waals surface area contributed by atoms with Gasteiger partial charge in [0.25, 0.3) is 5.91 Å². The highest BCUT2D eigenvalue weighted by atomic mass is 32.2. The zero-order chi connectivity index (χ0) is 21.9. The minimum Gasteiger partial charge on any atom is -0.352 e. The van der Waals surface area contributed by atoms with Crippen LogP contribution in [0.2, 0.25) is 0 Å². The van der Waals surface area contributed by atoms with E-state index in [-0.39, 0.29) is 35.4 Å². The van der Waals surface area contributed by atoms with Gasteiger partial charge in [-0.15, -0.1) is 11.3 Å². The van der Waals surface area contributed by atoms with Gasteiger partial charge >= 0.3 is 0 Å². The monoisotopic (exact) mass is 449 g/mol. The number of rotatable bonds is 7. The maximum atomic E-state index is 12.6. The number of fused-ring (bicyclic) bond motifs is 1. The maximum absolute atomic E-state index is 12.6. The molecule has 1 N–H and O–H groups in total. The molecule has 162 valence electrons. The number of nitrogens with one attached hydrogen (secondary N) is 1. The van der Waals surface area contributed by atoms with Gasteiger partial charge in [-0.1, -0.05) is 6.07 Å². The van der Waals surface area contributed by atoms with Crippen LogP contribution in [0.25, 0.3) is 0 Å². The average Bonchev–Trinajstić information content (AvgIpc) is 3.20. The van der Waals surface area contributed by atoms with Gasteiger partial charge in [-0.05, 0) is 55.5 Å². The van der Waals surface area contributed by atoms with Gasteiger partial charge in [0, 0.05) is 49.6 Å². The topological polar surface area (TPSA) is 86.8 Å². The van der Waals surface area contributed by atoms with Crippen molar-refractivity contribution < 1.29 is 18.0 Å². The maximum Gasteiger partial charge on any atom is 0.251 e. The molecule has 3 rings (SSSR count). The van der Waals surface area contributed by atoms with Crippen LogP contribution in [0.15, 0.2) is 40.6 Å². The Morgan fingerprint density at radius 2 is 2.03 bits per heavy atom. The second kappa shape index (κ2) is 9.28. The molecule has 1 aromatic carbocycles. The minimum absolute atomic E-state index is 0.00189. The van der Waals surface area contributed by atoms with Crippen molar-refractivity contribution in [3.63, 3.8) is 0 Å². The molecule has 0 saturated carbocycles. The summed E-state index contributed by atoms with van der Waals surface area (Å²) < 4.78 is 26.5. The normalized spacial score (nSPS) is 14.1. The standard InChI is InChI=1S/C21H27N3O4S2/c1-15(2)23(3)30(27,28)18-6-4-5-16(13-18)21(26)22-10-7-20(25)24-11-8-19-17(14-24)9-12-29-19/h4-6,9,12-13,15H,7-8,10-11,14H2,1-3H3,(H,22,26). The Balaban J connectivity index is 1.56. The molecule has 1 aliphatic rings. The van der Waals surface area contributed by atoms with E-state index in [9.17, 15) is 18.0 Å². The predicted molar refractivity (Wildman–Crippen MR) is 117 cm³/mol. The lowest BCUT2D eigenvalue weighted by atomic mass is 10.1. The second-order valence-corrected chi connectivity index (χ2v) is 10.6. The smallest absolute Gasteiger partial charge is 0.251 e. The summed E-state index contributed by atoms with van der Waals surface area (Å²) in [6.07, 6.45) is 1.08. The van der Waals surface area contributed by atoms with Crippen LogP contribution in [0, 0.1) is 0 Å². The third-order valence-electron chi connectivity index (χ3n) is 5.29. The van der Waals surface area contributed by atoms with Crippen molar-refractivity contribution in [2.45, 2.75) is 44.2 Å². The molecular formula is C21H27N3O4S2. The fraction of sp³-hybridized carbons (Fsp3) is 0.429. The van der Waals surface area contributed by atoms with Crippen LogP contribution < -0.4 is 5.32 Å². The number of benzene rings is 1. The van der Waals surface area contributed by atoms with E-state index in [1.165, 1.54) is 33.9 Å². The molecule has 30 heavy (non-hydrogen) atoms. The van der Waals surface area contributed by atoms with Gasteiger partial charge in [-0.3, -0.25) is 9.59 Å². The quantitative estimate of drug-likeness (QED) is 0.704. The first-order valence-corrected chi connectivity index (χ1v) is 12.2. The molecule has 9 heteroatoms. The Morgan fingerprint density at radius 3 is 2.77 bits per heavy atom. The summed E-state index contributed by atoms with van der Waals surface area (Å²) in [4.78, 5) is 28.2. The van der Waals surface area contributed by atoms with E-state index >= 15 is 0 Å². The lowest BCUT2D eigenvalue weighted by Gasteiger charge is -2.27. The van der Waals surface area contributed by atoms with Crippen LogP contribution in [0.5, 0.6) is 0 Å². The summed E-state index contributed by atoms with van der Waals surface area (Å²) in [6.45, 7) is 5.09.